The summed E-state index contributed by atoms with van der Waals surface area (Å²) in [4.78, 5) is 23.1. The van der Waals surface area contributed by atoms with Gasteiger partial charge >= 0.3 is 6.09 Å². The highest BCUT2D eigenvalue weighted by atomic mass is 16.6. The zero-order valence-corrected chi connectivity index (χ0v) is 17.2. The highest BCUT2D eigenvalue weighted by Crippen LogP contribution is 2.18. The SMILES string of the molecule is CC(C)CN1CCC(CN=C(N)N2CCN(C(=O)OC(C)(C)C)CC2)C1. The van der Waals surface area contributed by atoms with Crippen molar-refractivity contribution in [1.29, 1.82) is 0 Å². The Labute approximate surface area is 158 Å². The number of ether oxygens (including phenoxy) is 1. The lowest BCUT2D eigenvalue weighted by molar-refractivity contribution is 0.0186. The highest BCUT2D eigenvalue weighted by Gasteiger charge is 2.27. The third-order valence-electron chi connectivity index (χ3n) is 4.76. The number of aliphatic imine (C=N–C) groups is 1. The van der Waals surface area contributed by atoms with Gasteiger partial charge in [0.05, 0.1) is 0 Å². The fourth-order valence-corrected chi connectivity index (χ4v) is 3.51. The summed E-state index contributed by atoms with van der Waals surface area (Å²) in [6, 6.07) is 0. The van der Waals surface area contributed by atoms with Gasteiger partial charge in [0.1, 0.15) is 5.60 Å². The lowest BCUT2D eigenvalue weighted by atomic mass is 10.1. The van der Waals surface area contributed by atoms with E-state index in [4.69, 9.17) is 10.5 Å². The average Bonchev–Trinajstić information content (AvgIpc) is 2.98. The Hall–Kier alpha value is -1.50. The van der Waals surface area contributed by atoms with E-state index in [2.05, 4.69) is 28.6 Å². The summed E-state index contributed by atoms with van der Waals surface area (Å²) in [5.41, 5.74) is 5.73. The third kappa shape index (κ3) is 6.67. The van der Waals surface area contributed by atoms with Crippen LogP contribution in [0.25, 0.3) is 0 Å². The molecule has 1 unspecified atom stereocenters. The molecular formula is C19H37N5O2. The summed E-state index contributed by atoms with van der Waals surface area (Å²) in [5, 5.41) is 0. The summed E-state index contributed by atoms with van der Waals surface area (Å²) < 4.78 is 5.43. The number of hydrogen-bond donors (Lipinski definition) is 1. The predicted octanol–water partition coefficient (Wildman–Crippen LogP) is 1.83. The second kappa shape index (κ2) is 8.93. The molecule has 0 aromatic carbocycles. The quantitative estimate of drug-likeness (QED) is 0.606. The first-order valence-electron chi connectivity index (χ1n) is 9.89. The van der Waals surface area contributed by atoms with Crippen molar-refractivity contribution >= 4 is 12.1 Å². The molecule has 0 bridgehead atoms. The molecule has 0 saturated carbocycles. The minimum atomic E-state index is -0.459. The van der Waals surface area contributed by atoms with Gasteiger partial charge in [-0.3, -0.25) is 4.99 Å². The lowest BCUT2D eigenvalue weighted by Gasteiger charge is -2.36. The first-order chi connectivity index (χ1) is 12.1. The molecule has 0 aromatic rings. The molecule has 2 aliphatic rings. The minimum absolute atomic E-state index is 0.246. The molecule has 2 saturated heterocycles. The van der Waals surface area contributed by atoms with Crippen LogP contribution in [-0.4, -0.2) is 84.7 Å². The Bertz CT molecular complexity index is 493. The van der Waals surface area contributed by atoms with Gasteiger partial charge < -0.3 is 25.2 Å². The van der Waals surface area contributed by atoms with Crippen LogP contribution in [0.4, 0.5) is 4.79 Å². The molecule has 2 fully saturated rings. The van der Waals surface area contributed by atoms with Crippen LogP contribution >= 0.6 is 0 Å². The summed E-state index contributed by atoms with van der Waals surface area (Å²) in [6.07, 6.45) is 0.958. The molecule has 0 spiro atoms. The molecule has 26 heavy (non-hydrogen) atoms. The molecule has 1 amide bonds. The average molecular weight is 368 g/mol. The molecular weight excluding hydrogens is 330 g/mol. The fourth-order valence-electron chi connectivity index (χ4n) is 3.51. The smallest absolute Gasteiger partial charge is 0.410 e. The van der Waals surface area contributed by atoms with E-state index in [1.54, 1.807) is 4.90 Å². The van der Waals surface area contributed by atoms with Crippen molar-refractivity contribution in [2.45, 2.75) is 46.6 Å². The molecule has 2 aliphatic heterocycles. The standard InChI is InChI=1S/C19H37N5O2/c1-15(2)13-22-7-6-16(14-22)12-21-17(20)23-8-10-24(11-9-23)18(25)26-19(3,4)5/h15-16H,6-14H2,1-5H3,(H2,20,21). The number of rotatable bonds is 4. The molecule has 7 nitrogen and oxygen atoms in total. The number of piperazine rings is 1. The van der Waals surface area contributed by atoms with Crippen LogP contribution in [0.3, 0.4) is 0 Å². The number of carbonyl (C=O) groups excluding carboxylic acids is 1. The van der Waals surface area contributed by atoms with E-state index >= 15 is 0 Å². The topological polar surface area (TPSA) is 74.4 Å². The van der Waals surface area contributed by atoms with Gasteiger partial charge in [0.2, 0.25) is 0 Å². The van der Waals surface area contributed by atoms with Crippen molar-refractivity contribution in [2.75, 3.05) is 52.4 Å². The van der Waals surface area contributed by atoms with Crippen LogP contribution < -0.4 is 5.73 Å². The normalized spacial score (nSPS) is 23.0. The number of nitrogens with two attached hydrogens (primary N) is 1. The van der Waals surface area contributed by atoms with E-state index in [0.717, 1.165) is 13.1 Å². The van der Waals surface area contributed by atoms with E-state index in [1.165, 1.54) is 19.5 Å². The maximum Gasteiger partial charge on any atom is 0.410 e. The molecule has 2 heterocycles. The predicted molar refractivity (Wildman–Crippen MR) is 105 cm³/mol. The third-order valence-corrected chi connectivity index (χ3v) is 4.76. The molecule has 1 atom stereocenters. The van der Waals surface area contributed by atoms with Crippen LogP contribution in [0.5, 0.6) is 0 Å². The van der Waals surface area contributed by atoms with Crippen LogP contribution in [-0.2, 0) is 4.74 Å². The van der Waals surface area contributed by atoms with Gasteiger partial charge in [-0.2, -0.15) is 0 Å². The van der Waals surface area contributed by atoms with E-state index in [1.807, 2.05) is 20.8 Å². The van der Waals surface area contributed by atoms with Crippen molar-refractivity contribution in [3.05, 3.63) is 0 Å². The molecule has 7 heteroatoms. The largest absolute Gasteiger partial charge is 0.444 e. The number of guanidine groups is 1. The zero-order valence-electron chi connectivity index (χ0n) is 17.2. The minimum Gasteiger partial charge on any atom is -0.444 e. The second-order valence-electron chi connectivity index (χ2n) is 8.96. The molecule has 2 N–H and O–H groups in total. The van der Waals surface area contributed by atoms with Crippen molar-refractivity contribution < 1.29 is 9.53 Å². The Kier molecular flexibility index (Phi) is 7.15. The number of hydrogen-bond acceptors (Lipinski definition) is 4. The summed E-state index contributed by atoms with van der Waals surface area (Å²) in [6.45, 7) is 17.1. The Morgan fingerprint density at radius 1 is 1.15 bits per heavy atom. The summed E-state index contributed by atoms with van der Waals surface area (Å²) in [5.74, 6) is 1.93. The van der Waals surface area contributed by atoms with Gasteiger partial charge in [-0.1, -0.05) is 13.8 Å². The first kappa shape index (κ1) is 20.8. The Balaban J connectivity index is 1.73. The number of nitrogens with zero attached hydrogens (tertiary/aromatic N) is 4. The molecule has 0 aromatic heterocycles. The van der Waals surface area contributed by atoms with Crippen LogP contribution in [0.2, 0.25) is 0 Å². The van der Waals surface area contributed by atoms with Gasteiger partial charge in [-0.15, -0.1) is 0 Å². The second-order valence-corrected chi connectivity index (χ2v) is 8.96. The van der Waals surface area contributed by atoms with Crippen molar-refractivity contribution in [3.8, 4) is 0 Å². The van der Waals surface area contributed by atoms with Crippen LogP contribution in [0, 0.1) is 11.8 Å². The lowest BCUT2D eigenvalue weighted by Crippen LogP contribution is -2.53. The van der Waals surface area contributed by atoms with Gasteiger partial charge in [0, 0.05) is 45.8 Å². The molecule has 150 valence electrons. The highest BCUT2D eigenvalue weighted by molar-refractivity contribution is 5.78. The number of likely N-dealkylation sites (tertiary alicyclic amines) is 1. The molecule has 2 rings (SSSR count). The van der Waals surface area contributed by atoms with Gasteiger partial charge in [-0.25, -0.2) is 4.79 Å². The van der Waals surface area contributed by atoms with Crippen LogP contribution in [0.1, 0.15) is 41.0 Å². The first-order valence-corrected chi connectivity index (χ1v) is 9.89. The van der Waals surface area contributed by atoms with Crippen molar-refractivity contribution in [1.82, 2.24) is 14.7 Å². The Morgan fingerprint density at radius 3 is 2.35 bits per heavy atom. The van der Waals surface area contributed by atoms with E-state index in [0.29, 0.717) is 44.0 Å². The van der Waals surface area contributed by atoms with Gasteiger partial charge in [-0.05, 0) is 45.6 Å². The number of carbonyl (C=O) groups is 1. The van der Waals surface area contributed by atoms with E-state index < -0.39 is 5.60 Å². The van der Waals surface area contributed by atoms with Crippen LogP contribution in [0.15, 0.2) is 4.99 Å². The number of amides is 1. The summed E-state index contributed by atoms with van der Waals surface area (Å²) in [7, 11) is 0. The van der Waals surface area contributed by atoms with E-state index in [9.17, 15) is 4.79 Å². The van der Waals surface area contributed by atoms with Gasteiger partial charge in [0.15, 0.2) is 5.96 Å². The van der Waals surface area contributed by atoms with Gasteiger partial charge in [0.25, 0.3) is 0 Å². The Morgan fingerprint density at radius 2 is 1.77 bits per heavy atom. The summed E-state index contributed by atoms with van der Waals surface area (Å²) >= 11 is 0. The maximum absolute atomic E-state index is 12.1. The fraction of sp³-hybridized carbons (Fsp3) is 0.895. The maximum atomic E-state index is 12.1. The van der Waals surface area contributed by atoms with Crippen molar-refractivity contribution in [2.24, 2.45) is 22.6 Å². The molecule has 0 radical (unpaired) electrons. The van der Waals surface area contributed by atoms with Crippen molar-refractivity contribution in [3.63, 3.8) is 0 Å². The zero-order chi connectivity index (χ0) is 19.3. The molecule has 0 aliphatic carbocycles. The van der Waals surface area contributed by atoms with E-state index in [-0.39, 0.29) is 6.09 Å². The monoisotopic (exact) mass is 367 g/mol.